The Kier molecular flexibility index (Phi) is 18.7. The SMILES string of the molecule is COc1cc(CNC(=O)CNC(=O)[C@H](CCCCN=C(N)N)NC(=O)[C@H](Cc2ccc(-c3ccccc3)cc2)NC(=O)[C@H](Cc2c[nH]c3ccc(O)cc23)NC(=O)CCCN)cc(OC)c1. The molecule has 350 valence electrons. The van der Waals surface area contributed by atoms with Gasteiger partial charge in [-0.3, -0.25) is 29.0 Å². The number of carbonyl (C=O) groups excluding carboxylic acids is 5. The molecular formula is C48H60N10O8. The minimum absolute atomic E-state index is 0.0116. The van der Waals surface area contributed by atoms with Crippen LogP contribution in [0.15, 0.2) is 102 Å². The summed E-state index contributed by atoms with van der Waals surface area (Å²) in [6.07, 6.45) is 3.21. The third kappa shape index (κ3) is 15.3. The first-order chi connectivity index (χ1) is 31.8. The van der Waals surface area contributed by atoms with E-state index in [4.69, 9.17) is 26.7 Å². The lowest BCUT2D eigenvalue weighted by Crippen LogP contribution is -2.58. The van der Waals surface area contributed by atoms with E-state index in [9.17, 15) is 29.1 Å². The number of nitrogens with one attached hydrogen (secondary N) is 6. The number of unbranched alkanes of at least 4 members (excludes halogenated alkanes) is 1. The average molecular weight is 905 g/mol. The predicted molar refractivity (Wildman–Crippen MR) is 252 cm³/mol. The Balaban J connectivity index is 1.38. The molecule has 0 radical (unpaired) electrons. The van der Waals surface area contributed by atoms with Gasteiger partial charge in [-0.05, 0) is 90.4 Å². The van der Waals surface area contributed by atoms with Crippen LogP contribution < -0.4 is 53.3 Å². The molecule has 0 aliphatic rings. The minimum Gasteiger partial charge on any atom is -0.508 e. The lowest BCUT2D eigenvalue weighted by atomic mass is 9.99. The van der Waals surface area contributed by atoms with Gasteiger partial charge in [0.15, 0.2) is 5.96 Å². The van der Waals surface area contributed by atoms with Gasteiger partial charge in [0.1, 0.15) is 35.4 Å². The number of benzene rings is 4. The number of amides is 5. The molecule has 1 heterocycles. The van der Waals surface area contributed by atoms with Crippen molar-refractivity contribution in [2.75, 3.05) is 33.9 Å². The number of methoxy groups -OCH3 is 2. The van der Waals surface area contributed by atoms with Crippen LogP contribution >= 0.6 is 0 Å². The zero-order valence-corrected chi connectivity index (χ0v) is 37.2. The maximum atomic E-state index is 14.5. The van der Waals surface area contributed by atoms with Crippen molar-refractivity contribution in [2.45, 2.75) is 69.6 Å². The summed E-state index contributed by atoms with van der Waals surface area (Å²) in [6, 6.07) is 23.7. The number of hydrogen-bond donors (Lipinski definition) is 10. The summed E-state index contributed by atoms with van der Waals surface area (Å²) >= 11 is 0. The van der Waals surface area contributed by atoms with Crippen LogP contribution in [0.1, 0.15) is 48.8 Å². The highest BCUT2D eigenvalue weighted by molar-refractivity contribution is 5.96. The summed E-state index contributed by atoms with van der Waals surface area (Å²) in [5.74, 6) is -1.84. The van der Waals surface area contributed by atoms with Crippen molar-refractivity contribution in [3.8, 4) is 28.4 Å². The van der Waals surface area contributed by atoms with Crippen molar-refractivity contribution < 1.29 is 38.6 Å². The van der Waals surface area contributed by atoms with Crippen molar-refractivity contribution in [3.63, 3.8) is 0 Å². The van der Waals surface area contributed by atoms with Crippen molar-refractivity contribution in [2.24, 2.45) is 22.2 Å². The maximum Gasteiger partial charge on any atom is 0.243 e. The normalized spacial score (nSPS) is 12.2. The summed E-state index contributed by atoms with van der Waals surface area (Å²) in [4.78, 5) is 75.9. The van der Waals surface area contributed by atoms with Gasteiger partial charge in [0.25, 0.3) is 0 Å². The van der Waals surface area contributed by atoms with Crippen LogP contribution in [0, 0.1) is 0 Å². The fourth-order valence-corrected chi connectivity index (χ4v) is 7.21. The summed E-state index contributed by atoms with van der Waals surface area (Å²) in [5.41, 5.74) is 21.4. The Morgan fingerprint density at radius 2 is 1.36 bits per heavy atom. The maximum absolute atomic E-state index is 14.5. The van der Waals surface area contributed by atoms with Crippen LogP contribution in [0.5, 0.6) is 17.2 Å². The molecule has 0 aliphatic carbocycles. The number of hydrogen-bond acceptors (Lipinski definition) is 10. The highest BCUT2D eigenvalue weighted by Crippen LogP contribution is 2.25. The van der Waals surface area contributed by atoms with Gasteiger partial charge in [0.2, 0.25) is 29.5 Å². The molecule has 0 saturated carbocycles. The molecule has 5 rings (SSSR count). The summed E-state index contributed by atoms with van der Waals surface area (Å²) < 4.78 is 10.6. The molecule has 0 saturated heterocycles. The summed E-state index contributed by atoms with van der Waals surface area (Å²) in [7, 11) is 3.04. The number of aromatic hydroxyl groups is 1. The molecule has 0 fully saturated rings. The number of fused-ring (bicyclic) bond motifs is 1. The number of phenolic OH excluding ortho intramolecular Hbond substituents is 1. The molecule has 0 unspecified atom stereocenters. The van der Waals surface area contributed by atoms with E-state index in [-0.39, 0.29) is 57.0 Å². The molecule has 18 heteroatoms. The topological polar surface area (TPSA) is 290 Å². The van der Waals surface area contributed by atoms with Crippen LogP contribution in [-0.2, 0) is 43.4 Å². The van der Waals surface area contributed by atoms with Crippen LogP contribution in [0.3, 0.4) is 0 Å². The standard InChI is InChI=1S/C48H60N10O8/c1-65-36-21-31(22-37(26-36)66-2)27-54-44(61)29-55-45(62)40(11-6-7-20-52-48(50)51)57-46(63)41(23-30-13-15-33(16-14-30)32-9-4-3-5-10-32)58-47(64)42(56-43(60)12-8-19-49)24-34-28-53-39-18-17-35(59)25-38(34)39/h3-5,9-10,13-18,21-22,25-26,28,40-42,53,59H,6-8,11-12,19-20,23-24,27,29,49H2,1-2H3,(H,54,61)(H,55,62)(H,56,60)(H,57,63)(H,58,64)(H4,50,51,52)/t40-,41-,42-/m0/s1. The third-order valence-electron chi connectivity index (χ3n) is 10.7. The summed E-state index contributed by atoms with van der Waals surface area (Å²) in [5, 5.41) is 24.8. The van der Waals surface area contributed by atoms with Gasteiger partial charge in [-0.2, -0.15) is 0 Å². The molecule has 0 bridgehead atoms. The largest absolute Gasteiger partial charge is 0.508 e. The number of phenols is 1. The second-order valence-corrected chi connectivity index (χ2v) is 15.7. The number of nitrogens with zero attached hydrogens (tertiary/aromatic N) is 1. The van der Waals surface area contributed by atoms with Gasteiger partial charge in [0, 0.05) is 55.5 Å². The van der Waals surface area contributed by atoms with Gasteiger partial charge in [0.05, 0.1) is 20.8 Å². The van der Waals surface area contributed by atoms with E-state index >= 15 is 0 Å². The lowest BCUT2D eigenvalue weighted by Gasteiger charge is -2.26. The van der Waals surface area contributed by atoms with Crippen LogP contribution in [0.4, 0.5) is 0 Å². The molecule has 18 nitrogen and oxygen atoms in total. The first kappa shape index (κ1) is 49.4. The fraction of sp³-hybridized carbons (Fsp3) is 0.333. The Morgan fingerprint density at radius 3 is 2.03 bits per heavy atom. The number of carbonyl (C=O) groups is 5. The van der Waals surface area contributed by atoms with E-state index in [1.807, 2.05) is 54.6 Å². The van der Waals surface area contributed by atoms with E-state index in [1.165, 1.54) is 20.3 Å². The van der Waals surface area contributed by atoms with Crippen molar-refractivity contribution in [1.82, 2.24) is 31.6 Å². The predicted octanol–water partition coefficient (Wildman–Crippen LogP) is 2.41. The zero-order chi connectivity index (χ0) is 47.4. The smallest absolute Gasteiger partial charge is 0.243 e. The molecule has 0 aliphatic heterocycles. The Hall–Kier alpha value is -7.60. The minimum atomic E-state index is -1.24. The Bertz CT molecular complexity index is 2420. The van der Waals surface area contributed by atoms with E-state index in [1.54, 1.807) is 36.5 Å². The van der Waals surface area contributed by atoms with Crippen molar-refractivity contribution in [1.29, 1.82) is 0 Å². The van der Waals surface area contributed by atoms with Crippen LogP contribution in [0.25, 0.3) is 22.0 Å². The van der Waals surface area contributed by atoms with E-state index in [0.717, 1.165) is 11.1 Å². The molecule has 3 atom stereocenters. The number of aromatic amines is 1. The summed E-state index contributed by atoms with van der Waals surface area (Å²) in [6.45, 7) is 0.279. The number of ether oxygens (including phenoxy) is 2. The number of aliphatic imine (C=N–C) groups is 1. The number of H-pyrrole nitrogens is 1. The lowest BCUT2D eigenvalue weighted by molar-refractivity contribution is -0.134. The second-order valence-electron chi connectivity index (χ2n) is 15.7. The Morgan fingerprint density at radius 1 is 0.697 bits per heavy atom. The second kappa shape index (κ2) is 25.0. The van der Waals surface area contributed by atoms with Gasteiger partial charge < -0.3 is 63.3 Å². The number of guanidine groups is 1. The zero-order valence-electron chi connectivity index (χ0n) is 37.2. The molecular weight excluding hydrogens is 845 g/mol. The molecule has 4 aromatic carbocycles. The average Bonchev–Trinajstić information content (AvgIpc) is 3.72. The van der Waals surface area contributed by atoms with Crippen LogP contribution in [0.2, 0.25) is 0 Å². The number of aromatic nitrogens is 1. The van der Waals surface area contributed by atoms with E-state index in [2.05, 4.69) is 36.6 Å². The van der Waals surface area contributed by atoms with Gasteiger partial charge in [-0.15, -0.1) is 0 Å². The third-order valence-corrected chi connectivity index (χ3v) is 10.7. The Labute approximate surface area is 383 Å². The fourth-order valence-electron chi connectivity index (χ4n) is 7.21. The van der Waals surface area contributed by atoms with E-state index in [0.29, 0.717) is 58.4 Å². The quantitative estimate of drug-likeness (QED) is 0.0231. The first-order valence-corrected chi connectivity index (χ1v) is 21.7. The van der Waals surface area contributed by atoms with Gasteiger partial charge >= 0.3 is 0 Å². The molecule has 5 amide bonds. The molecule has 1 aromatic heterocycles. The molecule has 0 spiro atoms. The number of rotatable bonds is 25. The molecule has 13 N–H and O–H groups in total. The number of nitrogens with two attached hydrogens (primary N) is 3. The van der Waals surface area contributed by atoms with Gasteiger partial charge in [-0.1, -0.05) is 54.6 Å². The molecule has 66 heavy (non-hydrogen) atoms. The highest BCUT2D eigenvalue weighted by Gasteiger charge is 2.31. The van der Waals surface area contributed by atoms with Crippen LogP contribution in [-0.4, -0.2) is 97.6 Å². The van der Waals surface area contributed by atoms with Gasteiger partial charge in [-0.25, -0.2) is 0 Å². The highest BCUT2D eigenvalue weighted by atomic mass is 16.5. The van der Waals surface area contributed by atoms with Crippen molar-refractivity contribution >= 4 is 46.4 Å². The van der Waals surface area contributed by atoms with Crippen molar-refractivity contribution in [3.05, 3.63) is 114 Å². The monoisotopic (exact) mass is 904 g/mol. The molecule has 5 aromatic rings. The first-order valence-electron chi connectivity index (χ1n) is 21.7. The van der Waals surface area contributed by atoms with E-state index < -0.39 is 54.2 Å².